The van der Waals surface area contributed by atoms with Crippen LogP contribution in [0.25, 0.3) is 43.8 Å². The van der Waals surface area contributed by atoms with Crippen LogP contribution in [0.1, 0.15) is 18.5 Å². The zero-order chi connectivity index (χ0) is 25.0. The molecular formula is C26H21F2N7O. The number of benzene rings is 2. The SMILES string of the molecule is [C-]#[N+]c1ccc(-c2nc(N3CCC(N)CC3)n3ccnc3c2-c2cc3onc(C)c3cc2F)cc1F. The Bertz CT molecular complexity index is 1680. The van der Waals surface area contributed by atoms with Gasteiger partial charge in [0.05, 0.1) is 23.5 Å². The van der Waals surface area contributed by atoms with E-state index in [0.717, 1.165) is 12.8 Å². The summed E-state index contributed by atoms with van der Waals surface area (Å²) < 4.78 is 37.6. The van der Waals surface area contributed by atoms with Crippen LogP contribution >= 0.6 is 0 Å². The molecule has 1 aliphatic heterocycles. The molecule has 36 heavy (non-hydrogen) atoms. The first-order valence-corrected chi connectivity index (χ1v) is 11.6. The number of nitrogens with zero attached hydrogens (tertiary/aromatic N) is 6. The minimum absolute atomic E-state index is 0.0998. The van der Waals surface area contributed by atoms with Crippen LogP contribution < -0.4 is 10.6 Å². The largest absolute Gasteiger partial charge is 0.356 e. The number of halogens is 2. The zero-order valence-corrected chi connectivity index (χ0v) is 19.4. The Kier molecular flexibility index (Phi) is 5.16. The lowest BCUT2D eigenvalue weighted by Crippen LogP contribution is -2.40. The number of hydrogen-bond donors (Lipinski definition) is 1. The van der Waals surface area contributed by atoms with E-state index in [1.807, 2.05) is 4.40 Å². The third-order valence-electron chi connectivity index (χ3n) is 6.70. The fraction of sp³-hybridized carbons (Fsp3) is 0.231. The Balaban J connectivity index is 1.66. The molecule has 0 atom stereocenters. The van der Waals surface area contributed by atoms with Gasteiger partial charge >= 0.3 is 0 Å². The maximum Gasteiger partial charge on any atom is 0.222 e. The van der Waals surface area contributed by atoms with Gasteiger partial charge in [0.2, 0.25) is 11.6 Å². The third-order valence-corrected chi connectivity index (χ3v) is 6.70. The van der Waals surface area contributed by atoms with Crippen LogP contribution in [0.3, 0.4) is 0 Å². The summed E-state index contributed by atoms with van der Waals surface area (Å²) in [6, 6.07) is 7.35. The second-order valence-electron chi connectivity index (χ2n) is 8.95. The van der Waals surface area contributed by atoms with E-state index in [9.17, 15) is 4.39 Å². The van der Waals surface area contributed by atoms with Crippen molar-refractivity contribution < 1.29 is 13.3 Å². The Morgan fingerprint density at radius 1 is 1.14 bits per heavy atom. The van der Waals surface area contributed by atoms with Crippen LogP contribution in [-0.2, 0) is 0 Å². The van der Waals surface area contributed by atoms with Crippen LogP contribution in [0, 0.1) is 25.1 Å². The highest BCUT2D eigenvalue weighted by atomic mass is 19.1. The highest BCUT2D eigenvalue weighted by Gasteiger charge is 2.26. The second-order valence-corrected chi connectivity index (χ2v) is 8.95. The molecule has 3 aromatic heterocycles. The molecule has 2 aromatic carbocycles. The van der Waals surface area contributed by atoms with Crippen molar-refractivity contribution in [1.29, 1.82) is 0 Å². The maximum absolute atomic E-state index is 15.6. The molecule has 1 aliphatic rings. The summed E-state index contributed by atoms with van der Waals surface area (Å²) in [5.74, 6) is -0.567. The normalized spacial score (nSPS) is 14.6. The van der Waals surface area contributed by atoms with Crippen molar-refractivity contribution >= 4 is 28.3 Å². The second kappa shape index (κ2) is 8.39. The van der Waals surface area contributed by atoms with Crippen molar-refractivity contribution in [1.82, 2.24) is 19.5 Å². The van der Waals surface area contributed by atoms with Crippen molar-refractivity contribution in [3.8, 4) is 22.4 Å². The molecule has 0 saturated carbocycles. The van der Waals surface area contributed by atoms with Gasteiger partial charge in [-0.05, 0) is 38.0 Å². The fourth-order valence-electron chi connectivity index (χ4n) is 4.76. The van der Waals surface area contributed by atoms with E-state index < -0.39 is 11.6 Å². The van der Waals surface area contributed by atoms with Crippen LogP contribution in [0.15, 0.2) is 47.2 Å². The van der Waals surface area contributed by atoms with Gasteiger partial charge < -0.3 is 15.2 Å². The topological polar surface area (TPSA) is 89.8 Å². The molecule has 5 aromatic rings. The molecule has 2 N–H and O–H groups in total. The molecule has 0 bridgehead atoms. The minimum atomic E-state index is -0.675. The molecule has 0 spiro atoms. The first kappa shape index (κ1) is 22.1. The number of aromatic nitrogens is 4. The Morgan fingerprint density at radius 2 is 1.94 bits per heavy atom. The molecule has 6 rings (SSSR count). The summed E-state index contributed by atoms with van der Waals surface area (Å²) in [4.78, 5) is 14.8. The molecule has 10 heteroatoms. The molecule has 0 radical (unpaired) electrons. The Hall–Kier alpha value is -4.36. The van der Waals surface area contributed by atoms with Crippen LogP contribution in [0.5, 0.6) is 0 Å². The summed E-state index contributed by atoms with van der Waals surface area (Å²) in [5, 5.41) is 4.51. The van der Waals surface area contributed by atoms with Crippen molar-refractivity contribution in [3.63, 3.8) is 0 Å². The average Bonchev–Trinajstić information content (AvgIpc) is 3.50. The monoisotopic (exact) mass is 485 g/mol. The highest BCUT2D eigenvalue weighted by molar-refractivity contribution is 5.95. The molecule has 1 fully saturated rings. The number of anilines is 1. The third kappa shape index (κ3) is 3.48. The Labute approximate surface area is 204 Å². The molecular weight excluding hydrogens is 464 g/mol. The first-order chi connectivity index (χ1) is 17.4. The molecule has 8 nitrogen and oxygen atoms in total. The quantitative estimate of drug-likeness (QED) is 0.350. The minimum Gasteiger partial charge on any atom is -0.356 e. The summed E-state index contributed by atoms with van der Waals surface area (Å²) in [6.45, 7) is 10.3. The summed E-state index contributed by atoms with van der Waals surface area (Å²) in [5.41, 5.74) is 8.83. The van der Waals surface area contributed by atoms with E-state index in [-0.39, 0.29) is 17.3 Å². The summed E-state index contributed by atoms with van der Waals surface area (Å²) >= 11 is 0. The van der Waals surface area contributed by atoms with E-state index >= 15 is 4.39 Å². The van der Waals surface area contributed by atoms with Gasteiger partial charge in [-0.3, -0.25) is 4.40 Å². The summed E-state index contributed by atoms with van der Waals surface area (Å²) in [7, 11) is 0. The number of nitrogens with two attached hydrogens (primary N) is 1. The molecule has 0 amide bonds. The zero-order valence-electron chi connectivity index (χ0n) is 19.4. The molecule has 0 unspecified atom stereocenters. The standard InChI is InChI=1S/C26H21F2N7O/c1-14-17-12-19(27)18(13-22(17)36-33-14)23-24(15-3-4-21(30-2)20(28)11-15)32-26(35-10-7-31-25(23)35)34-8-5-16(29)6-9-34/h3-4,7,10-13,16H,5-6,8-9,29H2,1H3. The molecule has 4 heterocycles. The van der Waals surface area contributed by atoms with Crippen LogP contribution in [0.2, 0.25) is 0 Å². The molecule has 1 saturated heterocycles. The molecule has 0 aliphatic carbocycles. The predicted octanol–water partition coefficient (Wildman–Crippen LogP) is 5.27. The maximum atomic E-state index is 15.6. The van der Waals surface area contributed by atoms with Crippen molar-refractivity contribution in [2.45, 2.75) is 25.8 Å². The smallest absolute Gasteiger partial charge is 0.222 e. The molecule has 180 valence electrons. The number of fused-ring (bicyclic) bond motifs is 2. The lowest BCUT2D eigenvalue weighted by molar-refractivity contribution is 0.450. The highest BCUT2D eigenvalue weighted by Crippen LogP contribution is 2.40. The van der Waals surface area contributed by atoms with Crippen molar-refractivity contribution in [2.75, 3.05) is 18.0 Å². The van der Waals surface area contributed by atoms with Gasteiger partial charge in [-0.25, -0.2) is 23.6 Å². The van der Waals surface area contributed by atoms with E-state index in [1.165, 1.54) is 18.2 Å². The van der Waals surface area contributed by atoms with Gasteiger partial charge in [0.25, 0.3) is 0 Å². The van der Waals surface area contributed by atoms with E-state index in [2.05, 4.69) is 19.9 Å². The van der Waals surface area contributed by atoms with Crippen molar-refractivity contribution in [2.24, 2.45) is 5.73 Å². The van der Waals surface area contributed by atoms with Crippen molar-refractivity contribution in [3.05, 3.63) is 71.5 Å². The van der Waals surface area contributed by atoms with E-state index in [1.54, 1.807) is 31.5 Å². The number of imidazole rings is 1. The van der Waals surface area contributed by atoms with E-state index in [4.69, 9.17) is 21.8 Å². The van der Waals surface area contributed by atoms with Gasteiger partial charge in [0, 0.05) is 48.0 Å². The van der Waals surface area contributed by atoms with E-state index in [0.29, 0.717) is 58.2 Å². The number of piperidine rings is 1. The van der Waals surface area contributed by atoms with Gasteiger partial charge in [-0.15, -0.1) is 0 Å². The lowest BCUT2D eigenvalue weighted by Gasteiger charge is -2.32. The average molecular weight is 485 g/mol. The van der Waals surface area contributed by atoms with Crippen LogP contribution in [0.4, 0.5) is 20.4 Å². The van der Waals surface area contributed by atoms with Gasteiger partial charge in [-0.1, -0.05) is 17.3 Å². The number of aryl methyl sites for hydroxylation is 1. The fourth-order valence-corrected chi connectivity index (χ4v) is 4.76. The Morgan fingerprint density at radius 3 is 2.69 bits per heavy atom. The predicted molar refractivity (Wildman–Crippen MR) is 132 cm³/mol. The lowest BCUT2D eigenvalue weighted by atomic mass is 9.98. The van der Waals surface area contributed by atoms with Crippen LogP contribution in [-0.4, -0.2) is 38.7 Å². The number of hydrogen-bond acceptors (Lipinski definition) is 6. The first-order valence-electron chi connectivity index (χ1n) is 11.6. The van der Waals surface area contributed by atoms with Gasteiger partial charge in [0.1, 0.15) is 17.3 Å². The van der Waals surface area contributed by atoms with Gasteiger partial charge in [-0.2, -0.15) is 0 Å². The number of rotatable bonds is 3. The van der Waals surface area contributed by atoms with Gasteiger partial charge in [0.15, 0.2) is 5.58 Å². The summed E-state index contributed by atoms with van der Waals surface area (Å²) in [6.07, 6.45) is 5.01.